The summed E-state index contributed by atoms with van der Waals surface area (Å²) in [5, 5.41) is 0. The van der Waals surface area contributed by atoms with Crippen molar-refractivity contribution in [1.82, 2.24) is 0 Å². The summed E-state index contributed by atoms with van der Waals surface area (Å²) in [7, 11) is -4.67. The monoisotopic (exact) mass is 198 g/mol. The van der Waals surface area contributed by atoms with Crippen LogP contribution in [0.1, 0.15) is 1.43 Å². The normalized spacial score (nSPS) is 7.25. The van der Waals surface area contributed by atoms with E-state index in [0.717, 1.165) is 0 Å². The molecule has 2 N–H and O–H groups in total. The molecule has 8 heavy (non-hydrogen) atoms. The molecular weight excluding hydrogens is 194 g/mol. The molecule has 0 spiro atoms. The van der Waals surface area contributed by atoms with Crippen molar-refractivity contribution in [3.63, 3.8) is 0 Å². The zero-order valence-corrected chi connectivity index (χ0v) is 7.80. The number of hydrogen-bond acceptors (Lipinski definition) is 2. The third kappa shape index (κ3) is 168. The maximum Gasteiger partial charge on any atom is 1.00 e. The molecule has 0 aromatic carbocycles. The predicted molar refractivity (Wildman–Crippen MR) is 17.8 cm³/mol. The summed E-state index contributed by atoms with van der Waals surface area (Å²) in [5.41, 5.74) is 0. The Kier molecular flexibility index (Phi) is 23.7. The van der Waals surface area contributed by atoms with E-state index in [9.17, 15) is 0 Å². The second kappa shape index (κ2) is 8.32. The molecular formula is H4FFeNaO4S. The van der Waals surface area contributed by atoms with E-state index in [4.69, 9.17) is 17.5 Å². The molecule has 0 unspecified atom stereocenters. The van der Waals surface area contributed by atoms with Crippen LogP contribution in [0.15, 0.2) is 0 Å². The fourth-order valence-corrected chi connectivity index (χ4v) is 0. The summed E-state index contributed by atoms with van der Waals surface area (Å²) in [4.78, 5) is 0. The Labute approximate surface area is 80.2 Å². The van der Waals surface area contributed by atoms with E-state index < -0.39 is 10.4 Å². The molecule has 0 saturated heterocycles. The minimum atomic E-state index is -4.67. The Morgan fingerprint density at radius 2 is 1.25 bits per heavy atom. The summed E-state index contributed by atoms with van der Waals surface area (Å²) in [6, 6.07) is 0. The van der Waals surface area contributed by atoms with Gasteiger partial charge in [-0.3, -0.25) is 13.8 Å². The van der Waals surface area contributed by atoms with Crippen molar-refractivity contribution in [2.75, 3.05) is 0 Å². The van der Waals surface area contributed by atoms with Crippen LogP contribution in [0, 0.1) is 0 Å². The Hall–Kier alpha value is 1.32. The third-order valence-corrected chi connectivity index (χ3v) is 0. The minimum absolute atomic E-state index is 0. The second-order valence-corrected chi connectivity index (χ2v) is 1.34. The fourth-order valence-electron chi connectivity index (χ4n) is 0. The van der Waals surface area contributed by atoms with E-state index in [2.05, 4.69) is 0 Å². The van der Waals surface area contributed by atoms with Gasteiger partial charge in [0.1, 0.15) is 0 Å². The summed E-state index contributed by atoms with van der Waals surface area (Å²) in [6.07, 6.45) is 0. The van der Waals surface area contributed by atoms with Crippen molar-refractivity contribution in [2.45, 2.75) is 0 Å². The molecule has 0 amide bonds. The van der Waals surface area contributed by atoms with Crippen LogP contribution >= 0.6 is 0 Å². The van der Waals surface area contributed by atoms with E-state index in [1.165, 1.54) is 0 Å². The maximum absolute atomic E-state index is 8.74. The molecule has 0 saturated carbocycles. The zero-order chi connectivity index (χ0) is 4.50. The van der Waals surface area contributed by atoms with Gasteiger partial charge in [0, 0.05) is 17.1 Å². The molecule has 0 radical (unpaired) electrons. The van der Waals surface area contributed by atoms with Gasteiger partial charge >= 0.3 is 40.0 Å². The molecule has 0 fully saturated rings. The maximum atomic E-state index is 8.74. The first-order valence-corrected chi connectivity index (χ1v) is 2.10. The molecule has 0 aliphatic rings. The number of rotatable bonds is 0. The number of hydrogen-bond donors (Lipinski definition) is 2. The van der Waals surface area contributed by atoms with E-state index >= 15 is 0 Å². The van der Waals surface area contributed by atoms with Gasteiger partial charge in [-0.1, -0.05) is 0 Å². The van der Waals surface area contributed by atoms with Crippen LogP contribution in [-0.2, 0) is 27.5 Å². The smallest absolute Gasteiger partial charge is 1.00 e. The first-order valence-electron chi connectivity index (χ1n) is 0.698. The summed E-state index contributed by atoms with van der Waals surface area (Å²) >= 11 is 0. The van der Waals surface area contributed by atoms with E-state index in [1.807, 2.05) is 0 Å². The van der Waals surface area contributed by atoms with Gasteiger partial charge in [0.25, 0.3) is 0 Å². The Morgan fingerprint density at radius 3 is 1.25 bits per heavy atom. The van der Waals surface area contributed by atoms with Gasteiger partial charge in [0.05, 0.1) is 0 Å². The van der Waals surface area contributed by atoms with Crippen molar-refractivity contribution < 1.29 is 70.3 Å². The van der Waals surface area contributed by atoms with Crippen molar-refractivity contribution in [1.29, 1.82) is 0 Å². The molecule has 8 heteroatoms. The topological polar surface area (TPSA) is 74.6 Å². The first-order chi connectivity index (χ1) is 2.00. The Balaban J connectivity index is -0.0000000133. The standard InChI is InChI=1S/FH.Fe.Na.H2O4S.H/c;;;1-5(2,3)4;/h1H;;;(H2,1,2,3,4);/q;;+1;;-1. The molecule has 50 valence electrons. The summed E-state index contributed by atoms with van der Waals surface area (Å²) in [6.45, 7) is 0. The fraction of sp³-hybridized carbons (Fsp3) is 0. The van der Waals surface area contributed by atoms with Gasteiger partial charge in [-0.15, -0.1) is 0 Å². The van der Waals surface area contributed by atoms with Crippen LogP contribution in [-0.4, -0.2) is 17.5 Å². The van der Waals surface area contributed by atoms with Gasteiger partial charge in [-0.2, -0.15) is 8.42 Å². The average molecular weight is 198 g/mol. The van der Waals surface area contributed by atoms with E-state index in [-0.39, 0.29) is 52.8 Å². The van der Waals surface area contributed by atoms with Crippen LogP contribution in [0.4, 0.5) is 4.70 Å². The quantitative estimate of drug-likeness (QED) is 0.314. The largest absolute Gasteiger partial charge is 1.00 e. The van der Waals surface area contributed by atoms with Gasteiger partial charge in [-0.05, 0) is 0 Å². The molecule has 0 atom stereocenters. The molecule has 0 aliphatic carbocycles. The molecule has 0 aromatic rings. The van der Waals surface area contributed by atoms with Gasteiger partial charge in [-0.25, -0.2) is 0 Å². The van der Waals surface area contributed by atoms with Crippen LogP contribution in [0.25, 0.3) is 0 Å². The SMILES string of the molecule is F.O=S(=O)(O)O.[Fe].[H-].[Na+]. The van der Waals surface area contributed by atoms with Gasteiger partial charge < -0.3 is 1.43 Å². The average Bonchev–Trinajstić information content (AvgIpc) is 0.722. The molecule has 0 heterocycles. The van der Waals surface area contributed by atoms with Gasteiger partial charge in [0.2, 0.25) is 0 Å². The minimum Gasteiger partial charge on any atom is -1.00 e. The van der Waals surface area contributed by atoms with Crippen molar-refractivity contribution in [3.8, 4) is 0 Å². The number of halogens is 1. The molecule has 4 nitrogen and oxygen atoms in total. The van der Waals surface area contributed by atoms with Crippen molar-refractivity contribution >= 4 is 10.4 Å². The molecule has 0 aliphatic heterocycles. The van der Waals surface area contributed by atoms with Crippen molar-refractivity contribution in [2.24, 2.45) is 0 Å². The summed E-state index contributed by atoms with van der Waals surface area (Å²) < 4.78 is 31.6. The van der Waals surface area contributed by atoms with Crippen LogP contribution < -0.4 is 29.6 Å². The van der Waals surface area contributed by atoms with E-state index in [0.29, 0.717) is 0 Å². The molecule has 0 aromatic heterocycles. The molecule has 0 bridgehead atoms. The third-order valence-electron chi connectivity index (χ3n) is 0. The summed E-state index contributed by atoms with van der Waals surface area (Å²) in [5.74, 6) is 0. The Bertz CT molecular complexity index is 104. The first kappa shape index (κ1) is 22.8. The predicted octanol–water partition coefficient (Wildman–Crippen LogP) is -3.39. The van der Waals surface area contributed by atoms with Crippen molar-refractivity contribution in [3.05, 3.63) is 0 Å². The van der Waals surface area contributed by atoms with Crippen LogP contribution in [0.3, 0.4) is 0 Å². The zero-order valence-electron chi connectivity index (χ0n) is 4.88. The molecule has 0 rings (SSSR count). The van der Waals surface area contributed by atoms with Gasteiger partial charge in [0.15, 0.2) is 0 Å². The van der Waals surface area contributed by atoms with Crippen LogP contribution in [0.5, 0.6) is 0 Å². The van der Waals surface area contributed by atoms with Crippen LogP contribution in [0.2, 0.25) is 0 Å². The Morgan fingerprint density at radius 1 is 1.25 bits per heavy atom. The van der Waals surface area contributed by atoms with E-state index in [1.54, 1.807) is 0 Å². The second-order valence-electron chi connectivity index (χ2n) is 0.448.